The van der Waals surface area contributed by atoms with Crippen LogP contribution >= 0.6 is 12.2 Å². The van der Waals surface area contributed by atoms with Gasteiger partial charge < -0.3 is 15.5 Å². The Hall–Kier alpha value is -2.24. The average Bonchev–Trinajstić information content (AvgIpc) is 2.75. The van der Waals surface area contributed by atoms with Gasteiger partial charge in [-0.3, -0.25) is 4.79 Å². The second kappa shape index (κ2) is 11.3. The third-order valence-electron chi connectivity index (χ3n) is 6.28. The molecule has 3 rings (SSSR count). The molecule has 2 aromatic rings. The summed E-state index contributed by atoms with van der Waals surface area (Å²) in [7, 11) is 0. The zero-order valence-electron chi connectivity index (χ0n) is 20.8. The quantitative estimate of drug-likeness (QED) is 0.304. The summed E-state index contributed by atoms with van der Waals surface area (Å²) in [5.74, 6) is 1.59. The van der Waals surface area contributed by atoms with Gasteiger partial charge in [-0.25, -0.2) is 0 Å². The molecular weight excluding hydrogens is 426 g/mol. The molecular formula is C28H39N3OS. The molecule has 2 N–H and O–H groups in total. The van der Waals surface area contributed by atoms with E-state index in [1.165, 1.54) is 25.1 Å². The van der Waals surface area contributed by atoms with Gasteiger partial charge in [-0.2, -0.15) is 0 Å². The first kappa shape index (κ1) is 25.4. The van der Waals surface area contributed by atoms with Gasteiger partial charge in [0.05, 0.1) is 0 Å². The Labute approximate surface area is 205 Å². The molecule has 1 aliphatic rings. The van der Waals surface area contributed by atoms with E-state index in [1.807, 2.05) is 48.5 Å². The number of likely N-dealkylation sites (tertiary alicyclic amines) is 1. The molecule has 5 heteroatoms. The Bertz CT molecular complexity index is 938. The second-order valence-corrected chi connectivity index (χ2v) is 11.1. The third-order valence-corrected chi connectivity index (χ3v) is 6.52. The summed E-state index contributed by atoms with van der Waals surface area (Å²) >= 11 is 5.47. The first-order valence-electron chi connectivity index (χ1n) is 12.1. The summed E-state index contributed by atoms with van der Waals surface area (Å²) in [6.07, 6.45) is 2.40. The zero-order chi connectivity index (χ0) is 24.0. The number of anilines is 1. The van der Waals surface area contributed by atoms with Crippen LogP contribution in [0.3, 0.4) is 0 Å². The van der Waals surface area contributed by atoms with Gasteiger partial charge in [0.15, 0.2) is 10.9 Å². The van der Waals surface area contributed by atoms with Gasteiger partial charge in [-0.05, 0) is 66.6 Å². The average molecular weight is 466 g/mol. The van der Waals surface area contributed by atoms with Crippen molar-refractivity contribution < 1.29 is 4.79 Å². The van der Waals surface area contributed by atoms with E-state index in [0.29, 0.717) is 16.2 Å². The van der Waals surface area contributed by atoms with E-state index in [4.69, 9.17) is 12.2 Å². The van der Waals surface area contributed by atoms with Crippen LogP contribution < -0.4 is 10.6 Å². The van der Waals surface area contributed by atoms with Crippen molar-refractivity contribution in [2.24, 2.45) is 11.8 Å². The minimum atomic E-state index is 0.0166. The molecule has 1 fully saturated rings. The number of carbonyl (C=O) groups is 1. The molecule has 178 valence electrons. The summed E-state index contributed by atoms with van der Waals surface area (Å²) in [4.78, 5) is 15.5. The number of thiocarbonyl (C=S) groups is 1. The molecule has 1 aliphatic heterocycles. The van der Waals surface area contributed by atoms with Gasteiger partial charge in [-0.15, -0.1) is 0 Å². The van der Waals surface area contributed by atoms with E-state index in [-0.39, 0.29) is 11.2 Å². The van der Waals surface area contributed by atoms with E-state index < -0.39 is 0 Å². The lowest BCUT2D eigenvalue weighted by Gasteiger charge is -2.35. The first-order valence-corrected chi connectivity index (χ1v) is 12.5. The van der Waals surface area contributed by atoms with E-state index in [9.17, 15) is 4.79 Å². The van der Waals surface area contributed by atoms with E-state index in [0.717, 1.165) is 37.0 Å². The fourth-order valence-electron chi connectivity index (χ4n) is 4.68. The van der Waals surface area contributed by atoms with Crippen LogP contribution in [-0.2, 0) is 5.41 Å². The fraction of sp³-hybridized carbons (Fsp3) is 0.500. The summed E-state index contributed by atoms with van der Waals surface area (Å²) in [6.45, 7) is 15.5. The van der Waals surface area contributed by atoms with Crippen LogP contribution in [0.25, 0.3) is 0 Å². The minimum absolute atomic E-state index is 0.0166. The minimum Gasteiger partial charge on any atom is -0.362 e. The number of hydrogen-bond acceptors (Lipinski definition) is 3. The highest BCUT2D eigenvalue weighted by Crippen LogP contribution is 2.23. The predicted octanol–water partition coefficient (Wildman–Crippen LogP) is 5.87. The maximum atomic E-state index is 13.0. The van der Waals surface area contributed by atoms with Crippen molar-refractivity contribution in [3.05, 3.63) is 65.2 Å². The molecule has 2 aromatic carbocycles. The molecule has 0 saturated carbocycles. The molecule has 0 radical (unpaired) electrons. The predicted molar refractivity (Wildman–Crippen MR) is 143 cm³/mol. The molecule has 0 spiro atoms. The number of rotatable bonds is 7. The topological polar surface area (TPSA) is 44.4 Å². The lowest BCUT2D eigenvalue weighted by Crippen LogP contribution is -2.40. The summed E-state index contributed by atoms with van der Waals surface area (Å²) < 4.78 is 0. The standard InChI is InChI=1S/C28H39N3OS/c1-20-16-21(2)19-31(18-20)15-7-14-29-27(33)30-25-9-6-8-23(17-25)26(32)22-10-12-24(13-11-22)28(3,4)5/h6,8-13,17,20-21H,7,14-16,18-19H2,1-5H3,(H2,29,30,33)/t20-,21+. The monoisotopic (exact) mass is 465 g/mol. The lowest BCUT2D eigenvalue weighted by molar-refractivity contribution is 0.103. The zero-order valence-corrected chi connectivity index (χ0v) is 21.6. The highest BCUT2D eigenvalue weighted by molar-refractivity contribution is 7.80. The van der Waals surface area contributed by atoms with Crippen molar-refractivity contribution >= 4 is 28.8 Å². The molecule has 0 amide bonds. The summed E-state index contributed by atoms with van der Waals surface area (Å²) in [5, 5.41) is 7.12. The van der Waals surface area contributed by atoms with E-state index in [1.54, 1.807) is 0 Å². The van der Waals surface area contributed by atoms with Gasteiger partial charge in [0.2, 0.25) is 0 Å². The number of benzene rings is 2. The van der Waals surface area contributed by atoms with Crippen LogP contribution in [0.2, 0.25) is 0 Å². The van der Waals surface area contributed by atoms with Crippen molar-refractivity contribution in [3.8, 4) is 0 Å². The van der Waals surface area contributed by atoms with Crippen molar-refractivity contribution in [1.29, 1.82) is 0 Å². The van der Waals surface area contributed by atoms with Gasteiger partial charge >= 0.3 is 0 Å². The number of ketones is 1. The van der Waals surface area contributed by atoms with Crippen LogP contribution in [0.5, 0.6) is 0 Å². The number of nitrogens with one attached hydrogen (secondary N) is 2. The lowest BCUT2D eigenvalue weighted by atomic mass is 9.86. The van der Waals surface area contributed by atoms with Crippen LogP contribution in [0.15, 0.2) is 48.5 Å². The summed E-state index contributed by atoms with van der Waals surface area (Å²) in [5.41, 5.74) is 3.46. The van der Waals surface area contributed by atoms with Gasteiger partial charge in [0, 0.05) is 36.4 Å². The van der Waals surface area contributed by atoms with Crippen LogP contribution in [-0.4, -0.2) is 42.0 Å². The highest BCUT2D eigenvalue weighted by atomic mass is 32.1. The Morgan fingerprint density at radius 2 is 1.70 bits per heavy atom. The van der Waals surface area contributed by atoms with Gasteiger partial charge in [0.25, 0.3) is 0 Å². The number of hydrogen-bond donors (Lipinski definition) is 2. The normalized spacial score (nSPS) is 19.2. The summed E-state index contributed by atoms with van der Waals surface area (Å²) in [6, 6.07) is 15.5. The maximum Gasteiger partial charge on any atom is 0.193 e. The molecule has 4 nitrogen and oxygen atoms in total. The van der Waals surface area contributed by atoms with Crippen molar-refractivity contribution in [2.75, 3.05) is 31.5 Å². The smallest absolute Gasteiger partial charge is 0.193 e. The van der Waals surface area contributed by atoms with Crippen molar-refractivity contribution in [3.63, 3.8) is 0 Å². The van der Waals surface area contributed by atoms with Crippen molar-refractivity contribution in [2.45, 2.75) is 52.9 Å². The maximum absolute atomic E-state index is 13.0. The SMILES string of the molecule is C[C@@H]1C[C@H](C)CN(CCCNC(=S)Nc2cccc(C(=O)c3ccc(C(C)(C)C)cc3)c2)C1. The molecule has 1 heterocycles. The van der Waals surface area contributed by atoms with E-state index in [2.05, 4.69) is 50.2 Å². The highest BCUT2D eigenvalue weighted by Gasteiger charge is 2.21. The third kappa shape index (κ3) is 7.65. The number of piperidine rings is 1. The molecule has 0 bridgehead atoms. The molecule has 33 heavy (non-hydrogen) atoms. The Balaban J connectivity index is 1.49. The first-order chi connectivity index (χ1) is 15.6. The molecule has 0 unspecified atom stereocenters. The second-order valence-electron chi connectivity index (χ2n) is 10.7. The Kier molecular flexibility index (Phi) is 8.66. The number of carbonyl (C=O) groups excluding carboxylic acids is 1. The van der Waals surface area contributed by atoms with Crippen LogP contribution in [0, 0.1) is 11.8 Å². The molecule has 0 aliphatic carbocycles. The van der Waals surface area contributed by atoms with E-state index >= 15 is 0 Å². The Morgan fingerprint density at radius 3 is 2.33 bits per heavy atom. The van der Waals surface area contributed by atoms with Crippen LogP contribution in [0.1, 0.15) is 68.9 Å². The van der Waals surface area contributed by atoms with Gasteiger partial charge in [-0.1, -0.05) is 71.0 Å². The van der Waals surface area contributed by atoms with Crippen molar-refractivity contribution in [1.82, 2.24) is 10.2 Å². The largest absolute Gasteiger partial charge is 0.362 e. The Morgan fingerprint density at radius 1 is 1.03 bits per heavy atom. The van der Waals surface area contributed by atoms with Crippen LogP contribution in [0.4, 0.5) is 5.69 Å². The van der Waals surface area contributed by atoms with Gasteiger partial charge in [0.1, 0.15) is 0 Å². The number of nitrogens with zero attached hydrogens (tertiary/aromatic N) is 1. The molecule has 0 aromatic heterocycles. The molecule has 1 saturated heterocycles. The molecule has 2 atom stereocenters. The fourth-order valence-corrected chi connectivity index (χ4v) is 4.90.